The molecule has 4 heteroatoms. The van der Waals surface area contributed by atoms with E-state index in [9.17, 15) is 9.59 Å². The molecule has 134 valence electrons. The van der Waals surface area contributed by atoms with Crippen LogP contribution in [0.2, 0.25) is 0 Å². The molecule has 1 aromatic rings. The molecule has 0 bridgehead atoms. The van der Waals surface area contributed by atoms with Crippen molar-refractivity contribution in [3.05, 3.63) is 47.7 Å². The lowest BCUT2D eigenvalue weighted by Gasteiger charge is -2.35. The lowest BCUT2D eigenvalue weighted by molar-refractivity contribution is -0.157. The first-order valence-corrected chi connectivity index (χ1v) is 9.33. The van der Waals surface area contributed by atoms with E-state index in [4.69, 9.17) is 9.47 Å². The zero-order chi connectivity index (χ0) is 17.6. The van der Waals surface area contributed by atoms with Gasteiger partial charge in [-0.25, -0.2) is 4.79 Å². The van der Waals surface area contributed by atoms with Crippen molar-refractivity contribution in [2.24, 2.45) is 17.8 Å². The number of allylic oxidation sites excluding steroid dienone is 1. The number of esters is 2. The van der Waals surface area contributed by atoms with E-state index in [-0.39, 0.29) is 30.2 Å². The second-order valence-electron chi connectivity index (χ2n) is 6.94. The van der Waals surface area contributed by atoms with E-state index < -0.39 is 5.97 Å². The number of hydrogen-bond donors (Lipinski definition) is 0. The van der Waals surface area contributed by atoms with E-state index in [0.29, 0.717) is 12.3 Å². The van der Waals surface area contributed by atoms with Crippen molar-refractivity contribution in [2.45, 2.75) is 45.4 Å². The second-order valence-corrected chi connectivity index (χ2v) is 6.94. The van der Waals surface area contributed by atoms with Crippen molar-refractivity contribution in [3.8, 4) is 0 Å². The summed E-state index contributed by atoms with van der Waals surface area (Å²) < 4.78 is 10.4. The van der Waals surface area contributed by atoms with Gasteiger partial charge in [-0.2, -0.15) is 0 Å². The highest BCUT2D eigenvalue weighted by atomic mass is 16.6. The average Bonchev–Trinajstić information content (AvgIpc) is 2.65. The van der Waals surface area contributed by atoms with Gasteiger partial charge < -0.3 is 9.47 Å². The summed E-state index contributed by atoms with van der Waals surface area (Å²) in [6, 6.07) is 10.0. The zero-order valence-corrected chi connectivity index (χ0v) is 14.8. The molecule has 0 aromatic heterocycles. The van der Waals surface area contributed by atoms with Crippen molar-refractivity contribution in [1.82, 2.24) is 0 Å². The molecule has 2 atom stereocenters. The van der Waals surface area contributed by atoms with Crippen LogP contribution >= 0.6 is 0 Å². The Balaban J connectivity index is 1.86. The van der Waals surface area contributed by atoms with Gasteiger partial charge in [0.2, 0.25) is 5.76 Å². The smallest absolute Gasteiger partial charge is 0.374 e. The Kier molecular flexibility index (Phi) is 5.90. The fraction of sp³-hybridized carbons (Fsp3) is 0.524. The molecular formula is C21H26O4. The molecule has 0 amide bonds. The largest absolute Gasteiger partial charge is 0.460 e. The van der Waals surface area contributed by atoms with Gasteiger partial charge in [-0.05, 0) is 49.7 Å². The first-order chi connectivity index (χ1) is 12.2. The van der Waals surface area contributed by atoms with E-state index in [2.05, 4.69) is 0 Å². The maximum atomic E-state index is 12.7. The molecule has 1 fully saturated rings. The molecule has 1 saturated carbocycles. The molecule has 0 saturated heterocycles. The Bertz CT molecular complexity index is 629. The van der Waals surface area contributed by atoms with E-state index in [0.717, 1.165) is 18.4 Å². The average molecular weight is 342 g/mol. The van der Waals surface area contributed by atoms with Gasteiger partial charge in [0.05, 0.1) is 12.5 Å². The summed E-state index contributed by atoms with van der Waals surface area (Å²) >= 11 is 0. The molecule has 0 N–H and O–H groups in total. The third kappa shape index (κ3) is 4.30. The van der Waals surface area contributed by atoms with E-state index in [1.807, 2.05) is 36.4 Å². The van der Waals surface area contributed by atoms with Gasteiger partial charge >= 0.3 is 11.9 Å². The van der Waals surface area contributed by atoms with E-state index >= 15 is 0 Å². The number of ether oxygens (including phenoxy) is 2. The summed E-state index contributed by atoms with van der Waals surface area (Å²) in [6.45, 7) is 2.02. The van der Waals surface area contributed by atoms with Gasteiger partial charge in [0.15, 0.2) is 0 Å². The maximum Gasteiger partial charge on any atom is 0.374 e. The summed E-state index contributed by atoms with van der Waals surface area (Å²) in [7, 11) is 0. The van der Waals surface area contributed by atoms with Crippen LogP contribution in [0.5, 0.6) is 0 Å². The van der Waals surface area contributed by atoms with Gasteiger partial charge in [-0.15, -0.1) is 0 Å². The van der Waals surface area contributed by atoms with Gasteiger partial charge in [0, 0.05) is 0 Å². The highest BCUT2D eigenvalue weighted by molar-refractivity contribution is 5.91. The lowest BCUT2D eigenvalue weighted by Crippen LogP contribution is -2.37. The predicted molar refractivity (Wildman–Crippen MR) is 94.5 cm³/mol. The van der Waals surface area contributed by atoms with Crippen LogP contribution < -0.4 is 0 Å². The van der Waals surface area contributed by atoms with Crippen molar-refractivity contribution >= 4 is 11.9 Å². The third-order valence-electron chi connectivity index (χ3n) is 5.29. The Morgan fingerprint density at radius 3 is 2.56 bits per heavy atom. The van der Waals surface area contributed by atoms with Crippen molar-refractivity contribution < 1.29 is 19.1 Å². The molecule has 2 aliphatic rings. The Labute approximate surface area is 149 Å². The summed E-state index contributed by atoms with van der Waals surface area (Å²) in [6.07, 6.45) is 8.36. The number of hydrogen-bond acceptors (Lipinski definition) is 4. The van der Waals surface area contributed by atoms with Crippen LogP contribution in [0.4, 0.5) is 0 Å². The number of carbonyl (C=O) groups is 2. The number of cyclic esters (lactones) is 1. The van der Waals surface area contributed by atoms with Crippen LogP contribution in [0.25, 0.3) is 0 Å². The third-order valence-corrected chi connectivity index (χ3v) is 5.29. The van der Waals surface area contributed by atoms with Crippen molar-refractivity contribution in [2.75, 3.05) is 6.61 Å². The minimum Gasteiger partial charge on any atom is -0.460 e. The quantitative estimate of drug-likeness (QED) is 0.758. The molecule has 1 aliphatic heterocycles. The number of benzene rings is 1. The first kappa shape index (κ1) is 17.7. The second kappa shape index (κ2) is 8.32. The minimum absolute atomic E-state index is 0.0427. The lowest BCUT2D eigenvalue weighted by atomic mass is 9.71. The minimum atomic E-state index is -0.533. The van der Waals surface area contributed by atoms with Crippen LogP contribution in [0.3, 0.4) is 0 Å². The number of carbonyl (C=O) groups excluding carboxylic acids is 2. The highest BCUT2D eigenvalue weighted by Gasteiger charge is 2.40. The molecule has 0 spiro atoms. The monoisotopic (exact) mass is 342 g/mol. The Hall–Kier alpha value is -2.10. The fourth-order valence-electron chi connectivity index (χ4n) is 4.05. The molecule has 0 radical (unpaired) electrons. The molecule has 3 rings (SSSR count). The van der Waals surface area contributed by atoms with Gasteiger partial charge in [0.25, 0.3) is 0 Å². The molecule has 1 aromatic carbocycles. The number of rotatable bonds is 5. The topological polar surface area (TPSA) is 52.6 Å². The van der Waals surface area contributed by atoms with E-state index in [1.54, 1.807) is 6.92 Å². The summed E-state index contributed by atoms with van der Waals surface area (Å²) in [4.78, 5) is 24.8. The standard InChI is InChI=1S/C21H26O4/c1-2-24-21(23)19-14-17(16-11-7-4-8-12-16)18(20(22)25-19)13-15-9-5-3-6-10-15/h3,5-6,9-10,14,16-18H,2,4,7-8,11-13H2,1H3/t17-,18+/m1/s1. The van der Waals surface area contributed by atoms with Gasteiger partial charge in [-0.1, -0.05) is 49.6 Å². The summed E-state index contributed by atoms with van der Waals surface area (Å²) in [5.74, 6) is -0.517. The predicted octanol–water partition coefficient (Wildman–Crippen LogP) is 4.05. The van der Waals surface area contributed by atoms with Crippen LogP contribution in [0.1, 0.15) is 44.6 Å². The zero-order valence-electron chi connectivity index (χ0n) is 14.8. The van der Waals surface area contributed by atoms with Crippen LogP contribution in [0, 0.1) is 17.8 Å². The fourth-order valence-corrected chi connectivity index (χ4v) is 4.05. The van der Waals surface area contributed by atoms with Gasteiger partial charge in [0.1, 0.15) is 0 Å². The van der Waals surface area contributed by atoms with Crippen molar-refractivity contribution in [3.63, 3.8) is 0 Å². The maximum absolute atomic E-state index is 12.7. The first-order valence-electron chi connectivity index (χ1n) is 9.33. The molecular weight excluding hydrogens is 316 g/mol. The van der Waals surface area contributed by atoms with Crippen LogP contribution in [-0.2, 0) is 25.5 Å². The van der Waals surface area contributed by atoms with Crippen LogP contribution in [-0.4, -0.2) is 18.5 Å². The molecule has 1 aliphatic carbocycles. The van der Waals surface area contributed by atoms with Gasteiger partial charge in [-0.3, -0.25) is 4.79 Å². The van der Waals surface area contributed by atoms with Crippen molar-refractivity contribution in [1.29, 1.82) is 0 Å². The normalized spacial score (nSPS) is 24.4. The Morgan fingerprint density at radius 1 is 1.16 bits per heavy atom. The SMILES string of the molecule is CCOC(=O)C1=C[C@H](C2CCCCC2)[C@H](Cc2ccccc2)C(=O)O1. The van der Waals surface area contributed by atoms with Crippen LogP contribution in [0.15, 0.2) is 42.2 Å². The van der Waals surface area contributed by atoms with E-state index in [1.165, 1.54) is 19.3 Å². The summed E-state index contributed by atoms with van der Waals surface area (Å²) in [5.41, 5.74) is 1.12. The molecule has 1 heterocycles. The molecule has 25 heavy (non-hydrogen) atoms. The molecule has 0 unspecified atom stereocenters. The summed E-state index contributed by atoms with van der Waals surface area (Å²) in [5, 5.41) is 0. The molecule has 4 nitrogen and oxygen atoms in total. The Morgan fingerprint density at radius 2 is 1.88 bits per heavy atom. The highest BCUT2D eigenvalue weighted by Crippen LogP contribution is 2.39.